The number of halogens is 1. The van der Waals surface area contributed by atoms with E-state index in [-0.39, 0.29) is 47.0 Å². The first-order chi connectivity index (χ1) is 37.5. The van der Waals surface area contributed by atoms with Crippen molar-refractivity contribution in [1.29, 1.82) is 0 Å². The molecule has 404 valence electrons. The van der Waals surface area contributed by atoms with Gasteiger partial charge in [-0.15, -0.1) is 0 Å². The second kappa shape index (κ2) is 23.7. The molecule has 5 heterocycles. The van der Waals surface area contributed by atoms with E-state index in [4.69, 9.17) is 20.4 Å². The van der Waals surface area contributed by atoms with Gasteiger partial charge in [0.15, 0.2) is 22.7 Å². The number of amides is 4. The molecule has 6 N–H and O–H groups in total. The minimum atomic E-state index is -0.297. The van der Waals surface area contributed by atoms with Crippen LogP contribution < -0.4 is 22.2 Å². The van der Waals surface area contributed by atoms with Crippen molar-refractivity contribution in [1.82, 2.24) is 29.6 Å². The normalized spacial score (nSPS) is 14.7. The van der Waals surface area contributed by atoms with Gasteiger partial charge in [0.2, 0.25) is 11.8 Å². The van der Waals surface area contributed by atoms with Gasteiger partial charge < -0.3 is 49.8 Å². The highest BCUT2D eigenvalue weighted by molar-refractivity contribution is 6.02. The summed E-state index contributed by atoms with van der Waals surface area (Å²) in [5, 5.41) is 11.0. The van der Waals surface area contributed by atoms with Crippen molar-refractivity contribution in [3.05, 3.63) is 173 Å². The van der Waals surface area contributed by atoms with Crippen LogP contribution in [0, 0.1) is 11.2 Å². The zero-order chi connectivity index (χ0) is 55.1. The van der Waals surface area contributed by atoms with Crippen molar-refractivity contribution in [2.24, 2.45) is 17.0 Å². The van der Waals surface area contributed by atoms with Gasteiger partial charge in [-0.1, -0.05) is 61.6 Å². The quantitative estimate of drug-likeness (QED) is 0.0383. The zero-order valence-electron chi connectivity index (χ0n) is 44.9. The molecule has 17 heteroatoms. The smallest absolute Gasteiger partial charge is 0.289 e. The van der Waals surface area contributed by atoms with Gasteiger partial charge in [0.1, 0.15) is 5.82 Å². The van der Waals surface area contributed by atoms with E-state index in [0.29, 0.717) is 68.3 Å². The van der Waals surface area contributed by atoms with E-state index < -0.39 is 0 Å². The van der Waals surface area contributed by atoms with Gasteiger partial charge in [-0.05, 0) is 113 Å². The molecule has 0 spiro atoms. The molecule has 16 nitrogen and oxygen atoms in total. The maximum atomic E-state index is 13.3. The van der Waals surface area contributed by atoms with Crippen molar-refractivity contribution in [2.75, 3.05) is 71.5 Å². The van der Waals surface area contributed by atoms with E-state index in [2.05, 4.69) is 71.1 Å². The molecule has 0 unspecified atom stereocenters. The number of benzene rings is 4. The fourth-order valence-corrected chi connectivity index (χ4v) is 9.65. The molecule has 0 radical (unpaired) electrons. The molecule has 4 amide bonds. The molecule has 78 heavy (non-hydrogen) atoms. The highest BCUT2D eigenvalue weighted by Gasteiger charge is 2.30. The van der Waals surface area contributed by atoms with Crippen molar-refractivity contribution in [2.45, 2.75) is 52.1 Å². The van der Waals surface area contributed by atoms with Gasteiger partial charge in [-0.2, -0.15) is 0 Å². The highest BCUT2D eigenvalue weighted by atomic mass is 19.1. The van der Waals surface area contributed by atoms with Gasteiger partial charge in [0.25, 0.3) is 11.8 Å². The average molecular weight is 1060 g/mol. The van der Waals surface area contributed by atoms with Crippen LogP contribution in [0.15, 0.2) is 143 Å². The van der Waals surface area contributed by atoms with Crippen LogP contribution in [0.4, 0.5) is 15.8 Å². The molecule has 7 aromatic rings. The number of pyridine rings is 1. The van der Waals surface area contributed by atoms with Crippen LogP contribution in [0.3, 0.4) is 0 Å². The molecular formula is C61H67FN10O6. The molecule has 4 aromatic carbocycles. The standard InChI is InChI=1S/C33H34N4O3.C28H33FN6O3/c1-33(13-14-33)12-11-30(38)37-16-6-8-23(21-37)24-17-25-19-29(32(39)36(2)3)40-31(25)28(18-24)35-20-22-7-4-10-27-26(22)9-5-15-34-27;1-33(2)28(37)25-16-22-14-21(15-24(27(22)38-25)32-17-19-5-7-23(29)8-6-19)20-4-3-11-34(18-20)26(36)9-12-35(31)13-10-30/h4-5,7-10,13-15,17-19,35H,6,11-12,16,20-21H2,1-3H3;4-8,10,13-16,32H,3,9,11-12,17-18,30-31H2,1-2H3/b;13-10-. The molecule has 0 fully saturated rings. The Bertz CT molecular complexity index is 3490. The SMILES string of the molecule is CN(C)C(=O)c1cc2cc(C3=CCCN(C(=O)CCC4(C)C=C4)C3)cc(NCc3cccc4ncccc34)c2o1.CN(C)C(=O)c1cc2cc(C3=CCCN(C(=O)CCN(N)/C=C\N)C3)cc(NCc3ccc(F)cc3)c2o1. The number of allylic oxidation sites excluding steroid dienone is 2. The number of carbonyl (C=O) groups excluding carboxylic acids is 4. The minimum absolute atomic E-state index is 0.00869. The average Bonchev–Trinajstić information content (AvgIpc) is 3.90. The van der Waals surface area contributed by atoms with Gasteiger partial charge in [-0.25, -0.2) is 10.2 Å². The summed E-state index contributed by atoms with van der Waals surface area (Å²) in [6, 6.07) is 28.0. The van der Waals surface area contributed by atoms with Crippen LogP contribution in [-0.4, -0.2) is 114 Å². The molecule has 10 rings (SSSR count). The lowest BCUT2D eigenvalue weighted by Gasteiger charge is -2.28. The molecule has 1 aliphatic carbocycles. The van der Waals surface area contributed by atoms with Crippen LogP contribution >= 0.6 is 0 Å². The number of hydrogen-bond donors (Lipinski definition) is 4. The monoisotopic (exact) mass is 1050 g/mol. The van der Waals surface area contributed by atoms with Crippen molar-refractivity contribution < 1.29 is 32.4 Å². The van der Waals surface area contributed by atoms with Crippen molar-refractivity contribution in [3.8, 4) is 0 Å². The Hall–Kier alpha value is -8.70. The van der Waals surface area contributed by atoms with E-state index in [0.717, 1.165) is 86.6 Å². The molecular weight excluding hydrogens is 988 g/mol. The summed E-state index contributed by atoms with van der Waals surface area (Å²) >= 11 is 0. The zero-order valence-corrected chi connectivity index (χ0v) is 44.9. The number of nitrogens with two attached hydrogens (primary N) is 2. The molecule has 0 saturated carbocycles. The predicted octanol–water partition coefficient (Wildman–Crippen LogP) is 9.76. The summed E-state index contributed by atoms with van der Waals surface area (Å²) in [7, 11) is 6.77. The molecule has 0 bridgehead atoms. The minimum Gasteiger partial charge on any atom is -0.449 e. The molecule has 2 aliphatic heterocycles. The molecule has 3 aromatic heterocycles. The van der Waals surface area contributed by atoms with E-state index in [9.17, 15) is 23.6 Å². The molecule has 3 aliphatic rings. The number of carbonyl (C=O) groups is 4. The van der Waals surface area contributed by atoms with Crippen LogP contribution in [0.1, 0.15) is 82.4 Å². The first-order valence-corrected chi connectivity index (χ1v) is 26.2. The maximum Gasteiger partial charge on any atom is 0.289 e. The second-order valence-corrected chi connectivity index (χ2v) is 20.7. The Morgan fingerprint density at radius 3 is 1.85 bits per heavy atom. The third-order valence-corrected chi connectivity index (χ3v) is 14.3. The van der Waals surface area contributed by atoms with Gasteiger partial charge in [-0.3, -0.25) is 24.2 Å². The number of rotatable bonds is 17. The Labute approximate surface area is 453 Å². The topological polar surface area (TPSA) is 200 Å². The first-order valence-electron chi connectivity index (χ1n) is 26.2. The number of nitrogens with one attached hydrogen (secondary N) is 2. The number of furan rings is 2. The summed E-state index contributed by atoms with van der Waals surface area (Å²) in [4.78, 5) is 62.5. The second-order valence-electron chi connectivity index (χ2n) is 20.7. The summed E-state index contributed by atoms with van der Waals surface area (Å²) < 4.78 is 25.4. The number of aromatic nitrogens is 1. The van der Waals surface area contributed by atoms with E-state index in [1.165, 1.54) is 39.3 Å². The predicted molar refractivity (Wildman–Crippen MR) is 305 cm³/mol. The van der Waals surface area contributed by atoms with Crippen LogP contribution in [-0.2, 0) is 22.7 Å². The largest absolute Gasteiger partial charge is 0.449 e. The van der Waals surface area contributed by atoms with Crippen LogP contribution in [0.25, 0.3) is 44.0 Å². The number of anilines is 2. The number of hydrogen-bond acceptors (Lipinski definition) is 12. The maximum absolute atomic E-state index is 13.3. The van der Waals surface area contributed by atoms with E-state index >= 15 is 0 Å². The first kappa shape index (κ1) is 54.1. The summed E-state index contributed by atoms with van der Waals surface area (Å²) in [6.07, 6.45) is 16.6. The Balaban J connectivity index is 0.000000190. The number of nitrogens with zero attached hydrogens (tertiary/aromatic N) is 6. The molecule has 0 saturated heterocycles. The van der Waals surface area contributed by atoms with Gasteiger partial charge in [0, 0.05) is 127 Å². The lowest BCUT2D eigenvalue weighted by molar-refractivity contribution is -0.131. The third-order valence-electron chi connectivity index (χ3n) is 14.3. The Morgan fingerprint density at radius 1 is 0.731 bits per heavy atom. The van der Waals surface area contributed by atoms with Crippen LogP contribution in [0.2, 0.25) is 0 Å². The number of hydrazine groups is 1. The third kappa shape index (κ3) is 12.9. The lowest BCUT2D eigenvalue weighted by Crippen LogP contribution is -2.38. The van der Waals surface area contributed by atoms with Gasteiger partial charge in [0.05, 0.1) is 16.9 Å². The highest BCUT2D eigenvalue weighted by Crippen LogP contribution is 2.39. The van der Waals surface area contributed by atoms with E-state index in [1.54, 1.807) is 52.6 Å². The van der Waals surface area contributed by atoms with Crippen LogP contribution in [0.5, 0.6) is 0 Å². The van der Waals surface area contributed by atoms with Crippen molar-refractivity contribution >= 4 is 79.0 Å². The fourth-order valence-electron chi connectivity index (χ4n) is 9.65. The summed E-state index contributed by atoms with van der Waals surface area (Å²) in [6.45, 7) is 5.93. The van der Waals surface area contributed by atoms with E-state index in [1.807, 2.05) is 46.2 Å². The Morgan fingerprint density at radius 2 is 1.29 bits per heavy atom. The fraction of sp³-hybridized carbons (Fsp3) is 0.295. The van der Waals surface area contributed by atoms with Gasteiger partial charge >= 0.3 is 0 Å². The summed E-state index contributed by atoms with van der Waals surface area (Å²) in [5.41, 5.74) is 15.2. The Kier molecular flexibility index (Phi) is 16.4. The number of fused-ring (bicyclic) bond motifs is 3. The molecule has 0 atom stereocenters. The summed E-state index contributed by atoms with van der Waals surface area (Å²) in [5.74, 6) is 5.82. The van der Waals surface area contributed by atoms with Crippen molar-refractivity contribution in [3.63, 3.8) is 0 Å². The lowest BCUT2D eigenvalue weighted by atomic mass is 9.97.